The van der Waals surface area contributed by atoms with Gasteiger partial charge in [0.15, 0.2) is 0 Å². The van der Waals surface area contributed by atoms with E-state index in [-0.39, 0.29) is 13.1 Å². The summed E-state index contributed by atoms with van der Waals surface area (Å²) in [6.45, 7) is 0.730. The molecule has 1 heterocycles. The fraction of sp³-hybridized carbons (Fsp3) is 0.565. The zero-order valence-electron chi connectivity index (χ0n) is 17.7. The Balaban J connectivity index is 1.36. The molecule has 0 atom stereocenters. The van der Waals surface area contributed by atoms with Crippen LogP contribution in [0, 0.1) is 5.41 Å². The Labute approximate surface area is 178 Å². The molecule has 7 heteroatoms. The molecule has 1 aromatic rings. The van der Waals surface area contributed by atoms with E-state index in [1.165, 1.54) is 50.5 Å². The van der Waals surface area contributed by atoms with Crippen LogP contribution >= 0.6 is 0 Å². The molecule has 1 saturated carbocycles. The first kappa shape index (κ1) is 21.0. The molecule has 0 amide bonds. The number of likely N-dealkylation sites (N-methyl/N-ethyl adjacent to an activating group) is 1. The number of hydrogen-bond acceptors (Lipinski definition) is 6. The van der Waals surface area contributed by atoms with Crippen LogP contribution in [0.5, 0.6) is 5.75 Å². The SMILES string of the molecule is CN1CC(=O)OB(c2ccc(OCC3=CC4(CCCCC4)CCC3)cc2)OC(=O)C1. The number of benzene rings is 1. The predicted octanol–water partition coefficient (Wildman–Crippen LogP) is 2.85. The second kappa shape index (κ2) is 9.25. The molecule has 30 heavy (non-hydrogen) atoms. The maximum absolute atomic E-state index is 11.9. The van der Waals surface area contributed by atoms with Crippen LogP contribution in [0.25, 0.3) is 0 Å². The number of carbonyl (C=O) groups is 2. The second-order valence-corrected chi connectivity index (χ2v) is 8.92. The quantitative estimate of drug-likeness (QED) is 0.561. The van der Waals surface area contributed by atoms with E-state index in [0.717, 1.165) is 12.2 Å². The van der Waals surface area contributed by atoms with Gasteiger partial charge < -0.3 is 14.0 Å². The van der Waals surface area contributed by atoms with Crippen LogP contribution in [0.1, 0.15) is 51.4 Å². The van der Waals surface area contributed by atoms with Gasteiger partial charge in [-0.15, -0.1) is 0 Å². The lowest BCUT2D eigenvalue weighted by molar-refractivity contribution is -0.145. The summed E-state index contributed by atoms with van der Waals surface area (Å²) >= 11 is 0. The molecular weight excluding hydrogens is 381 g/mol. The van der Waals surface area contributed by atoms with Gasteiger partial charge in [0.25, 0.3) is 0 Å². The van der Waals surface area contributed by atoms with Gasteiger partial charge in [0, 0.05) is 5.46 Å². The first-order valence-corrected chi connectivity index (χ1v) is 11.0. The van der Waals surface area contributed by atoms with Crippen LogP contribution in [-0.4, -0.2) is 50.7 Å². The molecule has 1 aromatic carbocycles. The average molecular weight is 411 g/mol. The van der Waals surface area contributed by atoms with Gasteiger partial charge >= 0.3 is 19.1 Å². The lowest BCUT2D eigenvalue weighted by Gasteiger charge is -2.38. The van der Waals surface area contributed by atoms with Crippen molar-refractivity contribution < 1.29 is 23.6 Å². The van der Waals surface area contributed by atoms with E-state index in [1.807, 2.05) is 12.1 Å². The smallest absolute Gasteiger partial charge is 0.494 e. The van der Waals surface area contributed by atoms with Gasteiger partial charge in [-0.2, -0.15) is 0 Å². The Hall–Kier alpha value is -2.28. The molecular formula is C23H30BNO5. The molecule has 6 nitrogen and oxygen atoms in total. The monoisotopic (exact) mass is 411 g/mol. The normalized spacial score (nSPS) is 22.6. The van der Waals surface area contributed by atoms with Gasteiger partial charge in [-0.25, -0.2) is 0 Å². The highest BCUT2D eigenvalue weighted by Crippen LogP contribution is 2.45. The highest BCUT2D eigenvalue weighted by molar-refractivity contribution is 6.64. The number of carbonyl (C=O) groups excluding carboxylic acids is 2. The van der Waals surface area contributed by atoms with Gasteiger partial charge in [-0.05, 0) is 62.3 Å². The van der Waals surface area contributed by atoms with Gasteiger partial charge in [-0.3, -0.25) is 14.5 Å². The first-order chi connectivity index (χ1) is 14.5. The minimum Gasteiger partial charge on any atom is -0.494 e. The third-order valence-corrected chi connectivity index (χ3v) is 6.38. The van der Waals surface area contributed by atoms with Crippen LogP contribution in [-0.2, 0) is 18.9 Å². The predicted molar refractivity (Wildman–Crippen MR) is 114 cm³/mol. The van der Waals surface area contributed by atoms with Gasteiger partial charge in [0.05, 0.1) is 13.1 Å². The van der Waals surface area contributed by atoms with Crippen molar-refractivity contribution in [3.63, 3.8) is 0 Å². The summed E-state index contributed by atoms with van der Waals surface area (Å²) in [4.78, 5) is 25.4. The molecule has 1 saturated heterocycles. The standard InChI is InChI=1S/C23H30BNO5/c1-25-15-21(26)29-24(30-22(27)16-25)19-7-9-20(10-8-19)28-17-18-6-5-13-23(14-18)11-3-2-4-12-23/h7-10,14H,2-6,11-13,15-17H2,1H3. The van der Waals surface area contributed by atoms with Crippen molar-refractivity contribution in [2.45, 2.75) is 51.4 Å². The van der Waals surface area contributed by atoms with Gasteiger partial charge in [0.2, 0.25) is 0 Å². The Morgan fingerprint density at radius 2 is 1.60 bits per heavy atom. The van der Waals surface area contributed by atoms with E-state index in [2.05, 4.69) is 6.08 Å². The molecule has 0 unspecified atom stereocenters. The summed E-state index contributed by atoms with van der Waals surface area (Å²) in [5, 5.41) is 0. The molecule has 3 aliphatic rings. The highest BCUT2D eigenvalue weighted by Gasteiger charge is 2.34. The van der Waals surface area contributed by atoms with Crippen molar-refractivity contribution in [3.05, 3.63) is 35.9 Å². The zero-order chi connectivity index (χ0) is 21.0. The molecule has 4 rings (SSSR count). The maximum atomic E-state index is 11.9. The molecule has 0 N–H and O–H groups in total. The van der Waals surface area contributed by atoms with Crippen LogP contribution in [0.15, 0.2) is 35.9 Å². The lowest BCUT2D eigenvalue weighted by atomic mass is 9.67. The third kappa shape index (κ3) is 5.25. The van der Waals surface area contributed by atoms with E-state index in [9.17, 15) is 9.59 Å². The van der Waals surface area contributed by atoms with Gasteiger partial charge in [-0.1, -0.05) is 37.5 Å². The molecule has 0 aromatic heterocycles. The maximum Gasteiger partial charge on any atom is 0.636 e. The Kier molecular flexibility index (Phi) is 6.47. The summed E-state index contributed by atoms with van der Waals surface area (Å²) < 4.78 is 16.6. The van der Waals surface area contributed by atoms with Crippen LogP contribution in [0.2, 0.25) is 0 Å². The van der Waals surface area contributed by atoms with Crippen molar-refractivity contribution in [3.8, 4) is 5.75 Å². The number of nitrogens with zero attached hydrogens (tertiary/aromatic N) is 1. The van der Waals surface area contributed by atoms with Crippen LogP contribution in [0.3, 0.4) is 0 Å². The summed E-state index contributed by atoms with van der Waals surface area (Å²) in [7, 11) is 0.660. The summed E-state index contributed by atoms with van der Waals surface area (Å²) in [6, 6.07) is 7.23. The molecule has 2 aliphatic carbocycles. The lowest BCUT2D eigenvalue weighted by Crippen LogP contribution is -2.47. The van der Waals surface area contributed by atoms with Crippen molar-refractivity contribution in [2.24, 2.45) is 5.41 Å². The fourth-order valence-electron chi connectivity index (χ4n) is 4.88. The van der Waals surface area contributed by atoms with Crippen molar-refractivity contribution in [2.75, 3.05) is 26.7 Å². The van der Waals surface area contributed by atoms with E-state index in [0.29, 0.717) is 17.5 Å². The Morgan fingerprint density at radius 3 is 2.27 bits per heavy atom. The number of allylic oxidation sites excluding steroid dienone is 1. The zero-order valence-corrected chi connectivity index (χ0v) is 17.7. The van der Waals surface area contributed by atoms with Crippen molar-refractivity contribution in [1.29, 1.82) is 0 Å². The van der Waals surface area contributed by atoms with E-state index < -0.39 is 19.1 Å². The Morgan fingerprint density at radius 1 is 0.967 bits per heavy atom. The third-order valence-electron chi connectivity index (χ3n) is 6.38. The minimum absolute atomic E-state index is 0.0589. The number of hydrogen-bond donors (Lipinski definition) is 0. The molecule has 1 spiro atoms. The topological polar surface area (TPSA) is 65.1 Å². The second-order valence-electron chi connectivity index (χ2n) is 8.92. The molecule has 0 radical (unpaired) electrons. The van der Waals surface area contributed by atoms with Crippen molar-refractivity contribution >= 4 is 24.5 Å². The number of ether oxygens (including phenoxy) is 1. The minimum atomic E-state index is -1.01. The summed E-state index contributed by atoms with van der Waals surface area (Å²) in [5.41, 5.74) is 2.44. The van der Waals surface area contributed by atoms with E-state index >= 15 is 0 Å². The summed E-state index contributed by atoms with van der Waals surface area (Å²) in [5.74, 6) is -0.0847. The van der Waals surface area contributed by atoms with Crippen LogP contribution < -0.4 is 10.2 Å². The Bertz CT molecular complexity index is 780. The van der Waals surface area contributed by atoms with Crippen molar-refractivity contribution in [1.82, 2.24) is 4.90 Å². The summed E-state index contributed by atoms with van der Waals surface area (Å²) in [6.07, 6.45) is 12.9. The largest absolute Gasteiger partial charge is 0.636 e. The van der Waals surface area contributed by atoms with E-state index in [4.69, 9.17) is 14.0 Å². The fourth-order valence-corrected chi connectivity index (χ4v) is 4.88. The molecule has 1 aliphatic heterocycles. The van der Waals surface area contributed by atoms with Crippen LogP contribution in [0.4, 0.5) is 0 Å². The first-order valence-electron chi connectivity index (χ1n) is 11.0. The van der Waals surface area contributed by atoms with E-state index in [1.54, 1.807) is 24.1 Å². The number of rotatable bonds is 4. The molecule has 0 bridgehead atoms. The molecule has 2 fully saturated rings. The average Bonchev–Trinajstić information content (AvgIpc) is 2.71. The van der Waals surface area contributed by atoms with Gasteiger partial charge in [0.1, 0.15) is 12.4 Å². The highest BCUT2D eigenvalue weighted by atomic mass is 16.6. The molecule has 160 valence electrons.